The number of piperidine rings is 1. The third kappa shape index (κ3) is 3.13. The van der Waals surface area contributed by atoms with Gasteiger partial charge < -0.3 is 15.6 Å². The van der Waals surface area contributed by atoms with Gasteiger partial charge in [0.25, 0.3) is 11.5 Å². The third-order valence-electron chi connectivity index (χ3n) is 3.95. The molecule has 0 saturated carbocycles. The number of pyridine rings is 1. The highest BCUT2D eigenvalue weighted by atomic mass is 16.2. The highest BCUT2D eigenvalue weighted by Crippen LogP contribution is 2.11. The summed E-state index contributed by atoms with van der Waals surface area (Å²) in [5.74, 6) is 0.248. The molecule has 1 atom stereocenters. The first kappa shape index (κ1) is 13.8. The summed E-state index contributed by atoms with van der Waals surface area (Å²) in [7, 11) is 0. The summed E-state index contributed by atoms with van der Waals surface area (Å²) >= 11 is 0. The van der Waals surface area contributed by atoms with Crippen LogP contribution in [0.3, 0.4) is 0 Å². The molecule has 0 radical (unpaired) electrons. The SMILES string of the molecule is O=C(NCC1CCCNC1)c1cc2ccccc2c(=O)[nH]1. The lowest BCUT2D eigenvalue weighted by Gasteiger charge is -2.22. The van der Waals surface area contributed by atoms with Crippen molar-refractivity contribution in [3.63, 3.8) is 0 Å². The molecule has 110 valence electrons. The first-order valence-electron chi connectivity index (χ1n) is 7.35. The van der Waals surface area contributed by atoms with Gasteiger partial charge in [-0.1, -0.05) is 18.2 Å². The summed E-state index contributed by atoms with van der Waals surface area (Å²) in [6, 6.07) is 8.99. The maximum Gasteiger partial charge on any atom is 0.267 e. The largest absolute Gasteiger partial charge is 0.350 e. The van der Waals surface area contributed by atoms with E-state index in [0.29, 0.717) is 23.5 Å². The van der Waals surface area contributed by atoms with Gasteiger partial charge in [0, 0.05) is 11.9 Å². The van der Waals surface area contributed by atoms with Gasteiger partial charge >= 0.3 is 0 Å². The van der Waals surface area contributed by atoms with E-state index in [1.165, 1.54) is 0 Å². The molecule has 1 unspecified atom stereocenters. The zero-order valence-corrected chi connectivity index (χ0v) is 11.8. The van der Waals surface area contributed by atoms with Crippen LogP contribution in [0.4, 0.5) is 0 Å². The smallest absolute Gasteiger partial charge is 0.267 e. The zero-order valence-electron chi connectivity index (χ0n) is 11.8. The average molecular weight is 285 g/mol. The predicted octanol–water partition coefficient (Wildman–Crippen LogP) is 1.26. The molecule has 0 bridgehead atoms. The molecular formula is C16H19N3O2. The van der Waals surface area contributed by atoms with Gasteiger partial charge in [0.2, 0.25) is 0 Å². The molecular weight excluding hydrogens is 266 g/mol. The number of carbonyl (C=O) groups excluding carboxylic acids is 1. The lowest BCUT2D eigenvalue weighted by molar-refractivity contribution is 0.0940. The van der Waals surface area contributed by atoms with E-state index in [-0.39, 0.29) is 11.5 Å². The fourth-order valence-electron chi connectivity index (χ4n) is 2.76. The van der Waals surface area contributed by atoms with E-state index >= 15 is 0 Å². The van der Waals surface area contributed by atoms with Crippen LogP contribution in [0.25, 0.3) is 10.8 Å². The van der Waals surface area contributed by atoms with Crippen LogP contribution in [0.2, 0.25) is 0 Å². The van der Waals surface area contributed by atoms with Gasteiger partial charge in [-0.2, -0.15) is 0 Å². The van der Waals surface area contributed by atoms with E-state index in [4.69, 9.17) is 0 Å². The number of carbonyl (C=O) groups is 1. The lowest BCUT2D eigenvalue weighted by atomic mass is 10.00. The number of fused-ring (bicyclic) bond motifs is 1. The number of aromatic nitrogens is 1. The van der Waals surface area contributed by atoms with Gasteiger partial charge in [-0.25, -0.2) is 0 Å². The standard InChI is InChI=1S/C16H19N3O2/c20-15-13-6-2-1-5-12(13)8-14(19-15)16(21)18-10-11-4-3-7-17-9-11/h1-2,5-6,8,11,17H,3-4,7,9-10H2,(H,18,21)(H,19,20). The van der Waals surface area contributed by atoms with Crippen molar-refractivity contribution < 1.29 is 4.79 Å². The van der Waals surface area contributed by atoms with Crippen LogP contribution in [0.5, 0.6) is 0 Å². The number of hydrogen-bond acceptors (Lipinski definition) is 3. The second-order valence-corrected chi connectivity index (χ2v) is 5.52. The molecule has 0 spiro atoms. The van der Waals surface area contributed by atoms with Crippen molar-refractivity contribution in [3.8, 4) is 0 Å². The van der Waals surface area contributed by atoms with Gasteiger partial charge in [-0.15, -0.1) is 0 Å². The molecule has 1 aliphatic rings. The highest BCUT2D eigenvalue weighted by Gasteiger charge is 2.15. The van der Waals surface area contributed by atoms with Gasteiger partial charge in [0.05, 0.1) is 0 Å². The van der Waals surface area contributed by atoms with Crippen molar-refractivity contribution >= 4 is 16.7 Å². The van der Waals surface area contributed by atoms with E-state index in [0.717, 1.165) is 31.3 Å². The van der Waals surface area contributed by atoms with E-state index in [9.17, 15) is 9.59 Å². The van der Waals surface area contributed by atoms with Crippen LogP contribution in [0.15, 0.2) is 35.1 Å². The molecule has 1 fully saturated rings. The summed E-state index contributed by atoms with van der Waals surface area (Å²) in [6.07, 6.45) is 2.27. The Bertz CT molecular complexity index is 702. The second-order valence-electron chi connectivity index (χ2n) is 5.52. The first-order valence-corrected chi connectivity index (χ1v) is 7.35. The minimum Gasteiger partial charge on any atom is -0.350 e. The molecule has 1 aliphatic heterocycles. The molecule has 1 saturated heterocycles. The number of aromatic amines is 1. The molecule has 5 nitrogen and oxygen atoms in total. The van der Waals surface area contributed by atoms with Crippen LogP contribution in [0.1, 0.15) is 23.3 Å². The first-order chi connectivity index (χ1) is 10.2. The van der Waals surface area contributed by atoms with Gasteiger partial charge in [-0.05, 0) is 49.4 Å². The van der Waals surface area contributed by atoms with Crippen molar-refractivity contribution in [2.24, 2.45) is 5.92 Å². The maximum absolute atomic E-state index is 12.2. The monoisotopic (exact) mass is 285 g/mol. The fraction of sp³-hybridized carbons (Fsp3) is 0.375. The molecule has 0 aliphatic carbocycles. The van der Waals surface area contributed by atoms with Crippen LogP contribution in [-0.2, 0) is 0 Å². The number of benzene rings is 1. The molecule has 1 amide bonds. The molecule has 3 N–H and O–H groups in total. The minimum absolute atomic E-state index is 0.219. The maximum atomic E-state index is 12.2. The van der Waals surface area contributed by atoms with Gasteiger partial charge in [0.15, 0.2) is 0 Å². The van der Waals surface area contributed by atoms with Crippen LogP contribution < -0.4 is 16.2 Å². The molecule has 1 aromatic carbocycles. The van der Waals surface area contributed by atoms with E-state index < -0.39 is 0 Å². The second kappa shape index (κ2) is 6.10. The molecule has 21 heavy (non-hydrogen) atoms. The number of hydrogen-bond donors (Lipinski definition) is 3. The molecule has 2 heterocycles. The normalized spacial score (nSPS) is 18.6. The van der Waals surface area contributed by atoms with Crippen molar-refractivity contribution in [3.05, 3.63) is 46.4 Å². The number of amides is 1. The summed E-state index contributed by atoms with van der Waals surface area (Å²) in [5, 5.41) is 7.62. The Morgan fingerprint density at radius 1 is 1.33 bits per heavy atom. The summed E-state index contributed by atoms with van der Waals surface area (Å²) in [4.78, 5) is 26.8. The molecule has 3 rings (SSSR count). The Morgan fingerprint density at radius 3 is 3.00 bits per heavy atom. The zero-order chi connectivity index (χ0) is 14.7. The minimum atomic E-state index is -0.224. The summed E-state index contributed by atoms with van der Waals surface area (Å²) in [6.45, 7) is 2.64. The number of nitrogens with one attached hydrogen (secondary N) is 3. The van der Waals surface area contributed by atoms with Crippen molar-refractivity contribution in [2.75, 3.05) is 19.6 Å². The van der Waals surface area contributed by atoms with Crippen LogP contribution in [-0.4, -0.2) is 30.5 Å². The van der Waals surface area contributed by atoms with Gasteiger partial charge in [-0.3, -0.25) is 9.59 Å². The predicted molar refractivity (Wildman–Crippen MR) is 82.5 cm³/mol. The molecule has 5 heteroatoms. The number of H-pyrrole nitrogens is 1. The molecule has 2 aromatic rings. The van der Waals surface area contributed by atoms with Gasteiger partial charge in [0.1, 0.15) is 5.69 Å². The van der Waals surface area contributed by atoms with Crippen molar-refractivity contribution in [1.29, 1.82) is 0 Å². The quantitative estimate of drug-likeness (QED) is 0.795. The Labute approximate surface area is 122 Å². The lowest BCUT2D eigenvalue weighted by Crippen LogP contribution is -2.38. The Hall–Kier alpha value is -2.14. The average Bonchev–Trinajstić information content (AvgIpc) is 2.53. The fourth-order valence-corrected chi connectivity index (χ4v) is 2.76. The Morgan fingerprint density at radius 2 is 2.19 bits per heavy atom. The van der Waals surface area contributed by atoms with Crippen LogP contribution >= 0.6 is 0 Å². The van der Waals surface area contributed by atoms with Crippen LogP contribution in [0, 0.1) is 5.92 Å². The Kier molecular flexibility index (Phi) is 4.01. The number of rotatable bonds is 3. The van der Waals surface area contributed by atoms with E-state index in [1.54, 1.807) is 12.1 Å². The highest BCUT2D eigenvalue weighted by molar-refractivity contribution is 5.96. The summed E-state index contributed by atoms with van der Waals surface area (Å²) in [5.41, 5.74) is 0.0973. The Balaban J connectivity index is 1.73. The van der Waals surface area contributed by atoms with E-state index in [2.05, 4.69) is 15.6 Å². The van der Waals surface area contributed by atoms with Crippen molar-refractivity contribution in [2.45, 2.75) is 12.8 Å². The summed E-state index contributed by atoms with van der Waals surface area (Å²) < 4.78 is 0. The van der Waals surface area contributed by atoms with Crippen molar-refractivity contribution in [1.82, 2.24) is 15.6 Å². The molecule has 1 aromatic heterocycles. The third-order valence-corrected chi connectivity index (χ3v) is 3.95. The topological polar surface area (TPSA) is 74.0 Å². The van der Waals surface area contributed by atoms with E-state index in [1.807, 2.05) is 18.2 Å².